The summed E-state index contributed by atoms with van der Waals surface area (Å²) in [7, 11) is 0. The summed E-state index contributed by atoms with van der Waals surface area (Å²) in [6.07, 6.45) is 9.01. The number of pyridine rings is 3. The number of ether oxygens (including phenoxy) is 1. The zero-order valence-corrected chi connectivity index (χ0v) is 14.4. The van der Waals surface area contributed by atoms with E-state index in [0.717, 1.165) is 33.2 Å². The first-order valence-electron chi connectivity index (χ1n) is 8.50. The van der Waals surface area contributed by atoms with Crippen LogP contribution in [0.2, 0.25) is 0 Å². The second kappa shape index (κ2) is 6.41. The number of aromatic amines is 1. The molecule has 5 rings (SSSR count). The van der Waals surface area contributed by atoms with Gasteiger partial charge in [-0.2, -0.15) is 18.9 Å². The van der Waals surface area contributed by atoms with E-state index in [4.69, 9.17) is 0 Å². The van der Waals surface area contributed by atoms with E-state index in [1.54, 1.807) is 35.4 Å². The highest BCUT2D eigenvalue weighted by molar-refractivity contribution is 5.95. The van der Waals surface area contributed by atoms with Gasteiger partial charge in [0.25, 0.3) is 0 Å². The van der Waals surface area contributed by atoms with Crippen molar-refractivity contribution in [2.75, 3.05) is 0 Å². The van der Waals surface area contributed by atoms with E-state index >= 15 is 0 Å². The third kappa shape index (κ3) is 2.75. The molecular formula is C20H15F2N5O. The van der Waals surface area contributed by atoms with Gasteiger partial charge in [0.2, 0.25) is 5.88 Å². The molecule has 0 aliphatic heterocycles. The normalized spacial score (nSPS) is 11.5. The van der Waals surface area contributed by atoms with Crippen molar-refractivity contribution >= 4 is 16.6 Å². The summed E-state index contributed by atoms with van der Waals surface area (Å²) in [5.41, 5.74) is 5.23. The molecule has 28 heavy (non-hydrogen) atoms. The topological polar surface area (TPSA) is 68.1 Å². The van der Waals surface area contributed by atoms with E-state index in [1.165, 1.54) is 6.07 Å². The first kappa shape index (κ1) is 16.4. The predicted octanol–water partition coefficient (Wildman–Crippen LogP) is 4.79. The fourth-order valence-electron chi connectivity index (χ4n) is 3.28. The molecule has 5 aromatic rings. The average Bonchev–Trinajstić information content (AvgIpc) is 3.31. The summed E-state index contributed by atoms with van der Waals surface area (Å²) < 4.78 is 31.0. The number of fused-ring (bicyclic) bond motifs is 2. The number of halogens is 2. The molecule has 0 saturated carbocycles. The molecular weight excluding hydrogens is 364 g/mol. The van der Waals surface area contributed by atoms with Crippen molar-refractivity contribution in [2.45, 2.75) is 6.61 Å². The standard InChI is InChI=1S/C20H13F2N5O.H2/c21-20(22)28-18-4-3-14-15(10-24-19(14)26-18)12-5-7-27-17(8-12)16(11-25-27)13-2-1-6-23-9-13;/h1-11,20H,(H,24,26);1H. The van der Waals surface area contributed by atoms with Crippen LogP contribution in [0.5, 0.6) is 5.88 Å². The minimum absolute atomic E-state index is 0. The minimum Gasteiger partial charge on any atom is -0.417 e. The molecule has 8 heteroatoms. The molecule has 140 valence electrons. The maximum absolute atomic E-state index is 12.4. The van der Waals surface area contributed by atoms with E-state index in [2.05, 4.69) is 24.8 Å². The van der Waals surface area contributed by atoms with Crippen LogP contribution in [-0.2, 0) is 0 Å². The number of H-pyrrole nitrogens is 1. The Labute approximate surface area is 158 Å². The Morgan fingerprint density at radius 1 is 1.07 bits per heavy atom. The van der Waals surface area contributed by atoms with Gasteiger partial charge < -0.3 is 9.72 Å². The monoisotopic (exact) mass is 379 g/mol. The van der Waals surface area contributed by atoms with Gasteiger partial charge in [0.05, 0.1) is 11.7 Å². The molecule has 0 spiro atoms. The van der Waals surface area contributed by atoms with Crippen molar-refractivity contribution in [1.29, 1.82) is 0 Å². The van der Waals surface area contributed by atoms with Crippen LogP contribution in [0.3, 0.4) is 0 Å². The maximum atomic E-state index is 12.4. The first-order valence-corrected chi connectivity index (χ1v) is 8.50. The molecule has 5 heterocycles. The molecule has 0 aromatic carbocycles. The van der Waals surface area contributed by atoms with Crippen LogP contribution in [0.4, 0.5) is 8.78 Å². The van der Waals surface area contributed by atoms with E-state index in [-0.39, 0.29) is 7.31 Å². The first-order chi connectivity index (χ1) is 13.7. The van der Waals surface area contributed by atoms with Crippen molar-refractivity contribution in [3.05, 3.63) is 67.4 Å². The van der Waals surface area contributed by atoms with Crippen LogP contribution < -0.4 is 4.74 Å². The SMILES string of the molecule is FC(F)Oc1ccc2c(-c3ccn4ncc(-c5cccnc5)c4c3)c[nH]c2n1.[HH]. The summed E-state index contributed by atoms with van der Waals surface area (Å²) in [6.45, 7) is -2.91. The van der Waals surface area contributed by atoms with E-state index < -0.39 is 6.61 Å². The molecule has 0 atom stereocenters. The predicted molar refractivity (Wildman–Crippen MR) is 102 cm³/mol. The number of alkyl halides is 2. The van der Waals surface area contributed by atoms with Crippen molar-refractivity contribution in [1.82, 2.24) is 24.6 Å². The molecule has 1 N–H and O–H groups in total. The van der Waals surface area contributed by atoms with Gasteiger partial charge in [-0.15, -0.1) is 0 Å². The molecule has 6 nitrogen and oxygen atoms in total. The Hall–Kier alpha value is -3.81. The van der Waals surface area contributed by atoms with Gasteiger partial charge in [-0.3, -0.25) is 4.98 Å². The fraction of sp³-hybridized carbons (Fsp3) is 0.0500. The van der Waals surface area contributed by atoms with Crippen LogP contribution in [0.15, 0.2) is 67.4 Å². The van der Waals surface area contributed by atoms with Gasteiger partial charge in [0.1, 0.15) is 5.65 Å². The summed E-state index contributed by atoms with van der Waals surface area (Å²) >= 11 is 0. The Balaban J connectivity index is 0.00000205. The van der Waals surface area contributed by atoms with Crippen LogP contribution >= 0.6 is 0 Å². The smallest absolute Gasteiger partial charge is 0.388 e. The van der Waals surface area contributed by atoms with E-state index in [1.807, 2.05) is 30.5 Å². The second-order valence-electron chi connectivity index (χ2n) is 6.17. The molecule has 0 fully saturated rings. The second-order valence-corrected chi connectivity index (χ2v) is 6.17. The molecule has 0 unspecified atom stereocenters. The zero-order valence-electron chi connectivity index (χ0n) is 14.4. The number of hydrogen-bond acceptors (Lipinski definition) is 4. The molecule has 0 saturated heterocycles. The highest BCUT2D eigenvalue weighted by Gasteiger charge is 2.13. The Morgan fingerprint density at radius 2 is 2.00 bits per heavy atom. The van der Waals surface area contributed by atoms with Crippen LogP contribution in [-0.4, -0.2) is 31.2 Å². The zero-order chi connectivity index (χ0) is 19.1. The van der Waals surface area contributed by atoms with Crippen LogP contribution in [0.1, 0.15) is 1.43 Å². The Morgan fingerprint density at radius 3 is 2.82 bits per heavy atom. The third-order valence-corrected chi connectivity index (χ3v) is 4.53. The molecule has 0 radical (unpaired) electrons. The largest absolute Gasteiger partial charge is 0.417 e. The molecule has 0 bridgehead atoms. The quantitative estimate of drug-likeness (QED) is 0.488. The minimum atomic E-state index is -2.91. The summed E-state index contributed by atoms with van der Waals surface area (Å²) in [5, 5.41) is 5.21. The van der Waals surface area contributed by atoms with Gasteiger partial charge >= 0.3 is 6.61 Å². The molecule has 0 aliphatic carbocycles. The number of hydrogen-bond donors (Lipinski definition) is 1. The number of nitrogens with zero attached hydrogens (tertiary/aromatic N) is 4. The molecule has 5 aromatic heterocycles. The Bertz CT molecular complexity index is 1290. The van der Waals surface area contributed by atoms with Crippen LogP contribution in [0, 0.1) is 0 Å². The van der Waals surface area contributed by atoms with Gasteiger partial charge in [-0.25, -0.2) is 4.52 Å². The molecule has 0 aliphatic rings. The summed E-state index contributed by atoms with van der Waals surface area (Å²) in [5.74, 6) is -0.124. The number of rotatable bonds is 4. The van der Waals surface area contributed by atoms with Crippen molar-refractivity contribution < 1.29 is 14.9 Å². The fourth-order valence-corrected chi connectivity index (χ4v) is 3.28. The average molecular weight is 379 g/mol. The van der Waals surface area contributed by atoms with Crippen molar-refractivity contribution in [3.8, 4) is 28.1 Å². The van der Waals surface area contributed by atoms with Gasteiger partial charge in [0, 0.05) is 54.4 Å². The highest BCUT2D eigenvalue weighted by Crippen LogP contribution is 2.32. The third-order valence-electron chi connectivity index (χ3n) is 4.53. The lowest BCUT2D eigenvalue weighted by Crippen LogP contribution is -2.03. The van der Waals surface area contributed by atoms with Crippen molar-refractivity contribution in [3.63, 3.8) is 0 Å². The lowest BCUT2D eigenvalue weighted by Gasteiger charge is -2.05. The maximum Gasteiger partial charge on any atom is 0.388 e. The van der Waals surface area contributed by atoms with Gasteiger partial charge in [-0.1, -0.05) is 6.07 Å². The van der Waals surface area contributed by atoms with E-state index in [0.29, 0.717) is 5.65 Å². The lowest BCUT2D eigenvalue weighted by molar-refractivity contribution is -0.0526. The van der Waals surface area contributed by atoms with Gasteiger partial charge in [0.15, 0.2) is 0 Å². The summed E-state index contributed by atoms with van der Waals surface area (Å²) in [4.78, 5) is 11.3. The Kier molecular flexibility index (Phi) is 3.75. The van der Waals surface area contributed by atoms with E-state index in [9.17, 15) is 8.78 Å². The highest BCUT2D eigenvalue weighted by atomic mass is 19.3. The van der Waals surface area contributed by atoms with Crippen molar-refractivity contribution in [2.24, 2.45) is 0 Å². The molecule has 0 amide bonds. The number of nitrogens with one attached hydrogen (secondary N) is 1. The number of aromatic nitrogens is 5. The van der Waals surface area contributed by atoms with Gasteiger partial charge in [-0.05, 0) is 29.8 Å². The summed E-state index contributed by atoms with van der Waals surface area (Å²) in [6, 6.07) is 11.0. The van der Waals surface area contributed by atoms with Crippen LogP contribution in [0.25, 0.3) is 38.8 Å². The lowest BCUT2D eigenvalue weighted by atomic mass is 10.0.